The molecule has 0 radical (unpaired) electrons. The van der Waals surface area contributed by atoms with E-state index in [1.54, 1.807) is 42.5 Å². The largest absolute Gasteiger partial charge is 0.508 e. The lowest BCUT2D eigenvalue weighted by Gasteiger charge is -2.27. The summed E-state index contributed by atoms with van der Waals surface area (Å²) in [6.45, 7) is 8.30. The number of amides is 1. The third-order valence-electron chi connectivity index (χ3n) is 6.21. The van der Waals surface area contributed by atoms with Gasteiger partial charge in [-0.2, -0.15) is 0 Å². The first-order chi connectivity index (χ1) is 16.7. The standard InChI is InChI=1S/C29H29NO5/c1-5-35-24-14-13-20(16-22(24)17(2)3)27(32)25-26(19-10-8-11-21(31)15-19)30(29(34)28(25)33)23-12-7-6-9-18(23)4/h6-17,26,31-32H,5H2,1-4H3/b27-25-. The Balaban J connectivity index is 1.95. The summed E-state index contributed by atoms with van der Waals surface area (Å²) >= 11 is 0. The van der Waals surface area contributed by atoms with Crippen molar-refractivity contribution in [1.29, 1.82) is 0 Å². The monoisotopic (exact) mass is 471 g/mol. The number of rotatable bonds is 6. The number of anilines is 1. The second kappa shape index (κ2) is 9.66. The summed E-state index contributed by atoms with van der Waals surface area (Å²) in [5.41, 5.74) is 3.18. The maximum atomic E-state index is 13.4. The Hall–Kier alpha value is -4.06. The number of nitrogens with zero attached hydrogens (tertiary/aromatic N) is 1. The van der Waals surface area contributed by atoms with Crippen LogP contribution in [0.1, 0.15) is 55.0 Å². The highest BCUT2D eigenvalue weighted by molar-refractivity contribution is 6.51. The Morgan fingerprint density at radius 3 is 2.43 bits per heavy atom. The van der Waals surface area contributed by atoms with E-state index in [1.807, 2.05) is 39.8 Å². The van der Waals surface area contributed by atoms with E-state index in [0.29, 0.717) is 29.2 Å². The number of ether oxygens (including phenoxy) is 1. The van der Waals surface area contributed by atoms with Crippen LogP contribution < -0.4 is 9.64 Å². The number of para-hydroxylation sites is 1. The molecular weight excluding hydrogens is 442 g/mol. The predicted octanol–water partition coefficient (Wildman–Crippen LogP) is 5.85. The average Bonchev–Trinajstić information content (AvgIpc) is 3.09. The minimum Gasteiger partial charge on any atom is -0.508 e. The predicted molar refractivity (Wildman–Crippen MR) is 136 cm³/mol. The fraction of sp³-hybridized carbons (Fsp3) is 0.241. The molecule has 1 atom stereocenters. The SMILES string of the molecule is CCOc1ccc(/C(O)=C2/C(=O)C(=O)N(c3ccccc3C)C2c2cccc(O)c2)cc1C(C)C. The summed E-state index contributed by atoms with van der Waals surface area (Å²) in [5.74, 6) is -0.952. The van der Waals surface area contributed by atoms with Gasteiger partial charge in [-0.15, -0.1) is 0 Å². The molecule has 0 aromatic heterocycles. The molecule has 1 aliphatic heterocycles. The number of phenolic OH excluding ortho intramolecular Hbond substituents is 1. The van der Waals surface area contributed by atoms with Gasteiger partial charge in [0.15, 0.2) is 0 Å². The maximum absolute atomic E-state index is 13.4. The molecule has 1 heterocycles. The van der Waals surface area contributed by atoms with Gasteiger partial charge in [0.25, 0.3) is 11.7 Å². The van der Waals surface area contributed by atoms with Crippen molar-refractivity contribution in [1.82, 2.24) is 0 Å². The Labute approximate surface area is 205 Å². The van der Waals surface area contributed by atoms with Crippen LogP contribution >= 0.6 is 0 Å². The van der Waals surface area contributed by atoms with E-state index in [0.717, 1.165) is 11.1 Å². The highest BCUT2D eigenvalue weighted by atomic mass is 16.5. The molecule has 1 unspecified atom stereocenters. The van der Waals surface area contributed by atoms with Gasteiger partial charge in [0.05, 0.1) is 18.2 Å². The Bertz CT molecular complexity index is 1320. The number of Topliss-reactive ketones (excluding diaryl/α,β-unsaturated/α-hetero) is 1. The Kier molecular flexibility index (Phi) is 6.65. The van der Waals surface area contributed by atoms with Gasteiger partial charge in [0.1, 0.15) is 17.3 Å². The first-order valence-corrected chi connectivity index (χ1v) is 11.7. The quantitative estimate of drug-likeness (QED) is 0.268. The number of aliphatic hydroxyl groups is 1. The van der Waals surface area contributed by atoms with Gasteiger partial charge in [-0.25, -0.2) is 0 Å². The van der Waals surface area contributed by atoms with Crippen molar-refractivity contribution in [3.05, 3.63) is 94.6 Å². The lowest BCUT2D eigenvalue weighted by molar-refractivity contribution is -0.132. The van der Waals surface area contributed by atoms with Gasteiger partial charge in [-0.05, 0) is 72.9 Å². The van der Waals surface area contributed by atoms with Gasteiger partial charge < -0.3 is 14.9 Å². The van der Waals surface area contributed by atoms with E-state index in [4.69, 9.17) is 4.74 Å². The topological polar surface area (TPSA) is 87.1 Å². The number of aryl methyl sites for hydroxylation is 1. The van der Waals surface area contributed by atoms with Crippen LogP contribution in [-0.4, -0.2) is 28.5 Å². The molecule has 4 rings (SSSR count). The molecule has 0 bridgehead atoms. The maximum Gasteiger partial charge on any atom is 0.300 e. The zero-order valence-corrected chi connectivity index (χ0v) is 20.3. The molecule has 6 heteroatoms. The molecule has 35 heavy (non-hydrogen) atoms. The molecule has 1 aliphatic rings. The second-order valence-corrected chi connectivity index (χ2v) is 8.89. The minimum atomic E-state index is -0.905. The van der Waals surface area contributed by atoms with Crippen molar-refractivity contribution in [3.63, 3.8) is 0 Å². The van der Waals surface area contributed by atoms with E-state index in [2.05, 4.69) is 0 Å². The molecule has 1 saturated heterocycles. The van der Waals surface area contributed by atoms with Gasteiger partial charge in [0, 0.05) is 11.3 Å². The molecule has 180 valence electrons. The number of ketones is 1. The zero-order valence-electron chi connectivity index (χ0n) is 20.3. The molecule has 1 fully saturated rings. The first-order valence-electron chi connectivity index (χ1n) is 11.7. The number of hydrogen-bond donors (Lipinski definition) is 2. The van der Waals surface area contributed by atoms with E-state index in [-0.39, 0.29) is 23.0 Å². The molecular formula is C29H29NO5. The smallest absolute Gasteiger partial charge is 0.300 e. The molecule has 3 aromatic rings. The van der Waals surface area contributed by atoms with Gasteiger partial charge >= 0.3 is 0 Å². The summed E-state index contributed by atoms with van der Waals surface area (Å²) in [5, 5.41) is 21.6. The molecule has 2 N–H and O–H groups in total. The van der Waals surface area contributed by atoms with Crippen LogP contribution in [0.4, 0.5) is 5.69 Å². The third kappa shape index (κ3) is 4.39. The highest BCUT2D eigenvalue weighted by Crippen LogP contribution is 2.44. The summed E-state index contributed by atoms with van der Waals surface area (Å²) in [6.07, 6.45) is 0. The van der Waals surface area contributed by atoms with Crippen LogP contribution in [0.5, 0.6) is 11.5 Å². The van der Waals surface area contributed by atoms with E-state index >= 15 is 0 Å². The fourth-order valence-corrected chi connectivity index (χ4v) is 4.51. The number of benzene rings is 3. The van der Waals surface area contributed by atoms with Crippen molar-refractivity contribution >= 4 is 23.1 Å². The summed E-state index contributed by atoms with van der Waals surface area (Å²) < 4.78 is 5.73. The molecule has 0 saturated carbocycles. The van der Waals surface area contributed by atoms with E-state index in [9.17, 15) is 19.8 Å². The summed E-state index contributed by atoms with van der Waals surface area (Å²) in [6, 6.07) is 18.0. The molecule has 3 aromatic carbocycles. The van der Waals surface area contributed by atoms with Gasteiger partial charge in [-0.3, -0.25) is 14.5 Å². The van der Waals surface area contributed by atoms with Crippen molar-refractivity contribution in [2.24, 2.45) is 0 Å². The van der Waals surface area contributed by atoms with Crippen LogP contribution in [0.15, 0.2) is 72.3 Å². The minimum absolute atomic E-state index is 0.000956. The highest BCUT2D eigenvalue weighted by Gasteiger charge is 2.47. The number of carbonyl (C=O) groups is 2. The van der Waals surface area contributed by atoms with Crippen LogP contribution in [0.2, 0.25) is 0 Å². The van der Waals surface area contributed by atoms with Crippen molar-refractivity contribution in [3.8, 4) is 11.5 Å². The summed E-state index contributed by atoms with van der Waals surface area (Å²) in [7, 11) is 0. The fourth-order valence-electron chi connectivity index (χ4n) is 4.51. The molecule has 6 nitrogen and oxygen atoms in total. The zero-order chi connectivity index (χ0) is 25.3. The lowest BCUT2D eigenvalue weighted by Crippen LogP contribution is -2.30. The number of hydrogen-bond acceptors (Lipinski definition) is 5. The molecule has 1 amide bonds. The van der Waals surface area contributed by atoms with E-state index < -0.39 is 17.7 Å². The van der Waals surface area contributed by atoms with Crippen molar-refractivity contribution < 1.29 is 24.5 Å². The van der Waals surface area contributed by atoms with Crippen LogP contribution in [0.3, 0.4) is 0 Å². The van der Waals surface area contributed by atoms with Gasteiger partial charge in [-0.1, -0.05) is 44.2 Å². The Morgan fingerprint density at radius 2 is 1.77 bits per heavy atom. The summed E-state index contributed by atoms with van der Waals surface area (Å²) in [4.78, 5) is 28.1. The third-order valence-corrected chi connectivity index (χ3v) is 6.21. The second-order valence-electron chi connectivity index (χ2n) is 8.89. The van der Waals surface area contributed by atoms with Crippen LogP contribution in [-0.2, 0) is 9.59 Å². The normalized spacial score (nSPS) is 17.3. The first kappa shape index (κ1) is 24.1. The van der Waals surface area contributed by atoms with Gasteiger partial charge in [0.2, 0.25) is 0 Å². The molecule has 0 aliphatic carbocycles. The molecule has 0 spiro atoms. The average molecular weight is 472 g/mol. The van der Waals surface area contributed by atoms with E-state index in [1.165, 1.54) is 17.0 Å². The van der Waals surface area contributed by atoms with Crippen LogP contribution in [0, 0.1) is 6.92 Å². The van der Waals surface area contributed by atoms with Crippen molar-refractivity contribution in [2.45, 2.75) is 39.7 Å². The van der Waals surface area contributed by atoms with Crippen molar-refractivity contribution in [2.75, 3.05) is 11.5 Å². The number of aromatic hydroxyl groups is 1. The number of phenols is 1. The lowest BCUT2D eigenvalue weighted by atomic mass is 9.93. The number of aliphatic hydroxyl groups excluding tert-OH is 1. The number of carbonyl (C=O) groups excluding carboxylic acids is 2. The van der Waals surface area contributed by atoms with Crippen LogP contribution in [0.25, 0.3) is 5.76 Å². The Morgan fingerprint density at radius 1 is 1.03 bits per heavy atom.